The lowest BCUT2D eigenvalue weighted by atomic mass is 9.80. The first-order chi connectivity index (χ1) is 9.04. The summed E-state index contributed by atoms with van der Waals surface area (Å²) in [7, 11) is 0. The van der Waals surface area contributed by atoms with Gasteiger partial charge >= 0.3 is 0 Å². The molecule has 3 nitrogen and oxygen atoms in total. The molecular formula is C15H23ClN2O. The normalized spacial score (nSPS) is 19.4. The summed E-state index contributed by atoms with van der Waals surface area (Å²) < 4.78 is 0. The van der Waals surface area contributed by atoms with E-state index in [0.717, 1.165) is 31.2 Å². The lowest BCUT2D eigenvalue weighted by Gasteiger charge is -2.43. The zero-order valence-electron chi connectivity index (χ0n) is 11.7. The Morgan fingerprint density at radius 1 is 1.26 bits per heavy atom. The number of benzene rings is 1. The van der Waals surface area contributed by atoms with Gasteiger partial charge in [-0.3, -0.25) is 4.90 Å². The van der Waals surface area contributed by atoms with Gasteiger partial charge in [-0.25, -0.2) is 0 Å². The van der Waals surface area contributed by atoms with Crippen molar-refractivity contribution in [3.05, 3.63) is 34.9 Å². The van der Waals surface area contributed by atoms with E-state index >= 15 is 0 Å². The zero-order valence-corrected chi connectivity index (χ0v) is 12.5. The van der Waals surface area contributed by atoms with Gasteiger partial charge in [0.25, 0.3) is 0 Å². The van der Waals surface area contributed by atoms with Crippen LogP contribution in [0.5, 0.6) is 0 Å². The molecule has 2 rings (SSSR count). The number of rotatable bonds is 4. The van der Waals surface area contributed by atoms with E-state index in [9.17, 15) is 5.11 Å². The molecule has 106 valence electrons. The number of piperazine rings is 1. The predicted molar refractivity (Wildman–Crippen MR) is 79.5 cm³/mol. The largest absolute Gasteiger partial charge is 0.396 e. The fourth-order valence-electron chi connectivity index (χ4n) is 2.83. The first-order valence-electron chi connectivity index (χ1n) is 6.86. The molecule has 4 heteroatoms. The molecule has 1 aromatic rings. The fraction of sp³-hybridized carbons (Fsp3) is 0.600. The minimum Gasteiger partial charge on any atom is -0.396 e. The summed E-state index contributed by atoms with van der Waals surface area (Å²) in [6.45, 7) is 8.44. The van der Waals surface area contributed by atoms with Gasteiger partial charge in [-0.15, -0.1) is 0 Å². The molecule has 2 N–H and O–H groups in total. The third-order valence-corrected chi connectivity index (χ3v) is 4.10. The van der Waals surface area contributed by atoms with Crippen LogP contribution < -0.4 is 5.32 Å². The van der Waals surface area contributed by atoms with Gasteiger partial charge < -0.3 is 10.4 Å². The Balaban J connectivity index is 2.30. The molecule has 0 radical (unpaired) electrons. The maximum Gasteiger partial charge on any atom is 0.0500 e. The topological polar surface area (TPSA) is 35.5 Å². The number of hydrogen-bond donors (Lipinski definition) is 2. The Kier molecular flexibility index (Phi) is 4.85. The molecule has 1 aromatic carbocycles. The predicted octanol–water partition coefficient (Wildman–Crippen LogP) is 2.30. The van der Waals surface area contributed by atoms with Crippen LogP contribution in [0.15, 0.2) is 24.3 Å². The molecule has 1 atom stereocenters. The molecule has 0 saturated carbocycles. The van der Waals surface area contributed by atoms with E-state index in [2.05, 4.69) is 36.2 Å². The average Bonchev–Trinajstić information content (AvgIpc) is 2.42. The number of aliphatic hydroxyl groups is 1. The number of hydrogen-bond acceptors (Lipinski definition) is 3. The smallest absolute Gasteiger partial charge is 0.0500 e. The molecule has 0 aliphatic carbocycles. The highest BCUT2D eigenvalue weighted by Crippen LogP contribution is 2.38. The van der Waals surface area contributed by atoms with Gasteiger partial charge in [0.05, 0.1) is 0 Å². The summed E-state index contributed by atoms with van der Waals surface area (Å²) in [5.74, 6) is 0. The van der Waals surface area contributed by atoms with E-state index in [4.69, 9.17) is 11.6 Å². The Morgan fingerprint density at radius 2 is 1.84 bits per heavy atom. The second kappa shape index (κ2) is 6.23. The van der Waals surface area contributed by atoms with Crippen LogP contribution in [0.3, 0.4) is 0 Å². The summed E-state index contributed by atoms with van der Waals surface area (Å²) in [5, 5.41) is 13.9. The molecule has 1 aliphatic heterocycles. The molecular weight excluding hydrogens is 260 g/mol. The van der Waals surface area contributed by atoms with Gasteiger partial charge in [-0.05, 0) is 17.7 Å². The SMILES string of the molecule is CC(C)(CO)[C@@H](c1ccc(Cl)cc1)N1CCNCC1. The van der Waals surface area contributed by atoms with Gasteiger partial charge in [0, 0.05) is 49.3 Å². The molecule has 1 saturated heterocycles. The quantitative estimate of drug-likeness (QED) is 0.890. The van der Waals surface area contributed by atoms with Crippen molar-refractivity contribution in [2.24, 2.45) is 5.41 Å². The Labute approximate surface area is 120 Å². The first-order valence-corrected chi connectivity index (χ1v) is 7.23. The standard InChI is InChI=1S/C15H23ClN2O/c1-15(2,11-19)14(18-9-7-17-8-10-18)12-3-5-13(16)6-4-12/h3-6,14,17,19H,7-11H2,1-2H3/t14-/m1/s1. The second-order valence-corrected chi connectivity index (χ2v) is 6.32. The molecule has 19 heavy (non-hydrogen) atoms. The molecule has 0 bridgehead atoms. The van der Waals surface area contributed by atoms with Crippen molar-refractivity contribution in [2.75, 3.05) is 32.8 Å². The number of halogens is 1. The lowest BCUT2D eigenvalue weighted by Crippen LogP contribution is -2.49. The van der Waals surface area contributed by atoms with Crippen molar-refractivity contribution in [1.29, 1.82) is 0 Å². The van der Waals surface area contributed by atoms with Crippen molar-refractivity contribution >= 4 is 11.6 Å². The summed E-state index contributed by atoms with van der Waals surface area (Å²) in [6.07, 6.45) is 0. The summed E-state index contributed by atoms with van der Waals surface area (Å²) in [6, 6.07) is 8.23. The Hall–Kier alpha value is -0.610. The third-order valence-electron chi connectivity index (χ3n) is 3.85. The van der Waals surface area contributed by atoms with Gasteiger partial charge in [0.15, 0.2) is 0 Å². The summed E-state index contributed by atoms with van der Waals surface area (Å²) >= 11 is 5.98. The molecule has 1 aliphatic rings. The highest BCUT2D eigenvalue weighted by molar-refractivity contribution is 6.30. The minimum absolute atomic E-state index is 0.171. The Bertz CT molecular complexity index is 399. The zero-order chi connectivity index (χ0) is 13.9. The fourth-order valence-corrected chi connectivity index (χ4v) is 2.95. The summed E-state index contributed by atoms with van der Waals surface area (Å²) in [5.41, 5.74) is 1.05. The van der Waals surface area contributed by atoms with Crippen LogP contribution in [0, 0.1) is 5.41 Å². The highest BCUT2D eigenvalue weighted by atomic mass is 35.5. The number of aliphatic hydroxyl groups excluding tert-OH is 1. The molecule has 1 heterocycles. The molecule has 0 amide bonds. The molecule has 0 unspecified atom stereocenters. The van der Waals surface area contributed by atoms with Crippen molar-refractivity contribution in [3.8, 4) is 0 Å². The number of nitrogens with zero attached hydrogens (tertiary/aromatic N) is 1. The Morgan fingerprint density at radius 3 is 2.37 bits per heavy atom. The average molecular weight is 283 g/mol. The van der Waals surface area contributed by atoms with Crippen LogP contribution in [0.1, 0.15) is 25.5 Å². The first kappa shape index (κ1) is 14.8. The van der Waals surface area contributed by atoms with Gasteiger partial charge in [-0.2, -0.15) is 0 Å². The second-order valence-electron chi connectivity index (χ2n) is 5.89. The van der Waals surface area contributed by atoms with Crippen LogP contribution >= 0.6 is 11.6 Å². The van der Waals surface area contributed by atoms with Gasteiger partial charge in [0.2, 0.25) is 0 Å². The van der Waals surface area contributed by atoms with Crippen molar-refractivity contribution < 1.29 is 5.11 Å². The van der Waals surface area contributed by atoms with Crippen LogP contribution in [0.4, 0.5) is 0 Å². The van der Waals surface area contributed by atoms with Crippen molar-refractivity contribution in [2.45, 2.75) is 19.9 Å². The molecule has 1 fully saturated rings. The van der Waals surface area contributed by atoms with E-state index in [-0.39, 0.29) is 18.1 Å². The third kappa shape index (κ3) is 3.48. The van der Waals surface area contributed by atoms with Crippen LogP contribution in [-0.4, -0.2) is 42.8 Å². The number of nitrogens with one attached hydrogen (secondary N) is 1. The van der Waals surface area contributed by atoms with Crippen LogP contribution in [-0.2, 0) is 0 Å². The van der Waals surface area contributed by atoms with E-state index in [1.54, 1.807) is 0 Å². The maximum absolute atomic E-state index is 9.74. The van der Waals surface area contributed by atoms with E-state index in [0.29, 0.717) is 0 Å². The van der Waals surface area contributed by atoms with E-state index < -0.39 is 0 Å². The lowest BCUT2D eigenvalue weighted by molar-refractivity contribution is 0.0305. The molecule has 0 aromatic heterocycles. The van der Waals surface area contributed by atoms with Crippen LogP contribution in [0.25, 0.3) is 0 Å². The minimum atomic E-state index is -0.175. The van der Waals surface area contributed by atoms with Crippen molar-refractivity contribution in [3.63, 3.8) is 0 Å². The van der Waals surface area contributed by atoms with Gasteiger partial charge in [-0.1, -0.05) is 37.6 Å². The summed E-state index contributed by atoms with van der Waals surface area (Å²) in [4.78, 5) is 2.45. The highest BCUT2D eigenvalue weighted by Gasteiger charge is 2.35. The maximum atomic E-state index is 9.74. The van der Waals surface area contributed by atoms with Gasteiger partial charge in [0.1, 0.15) is 0 Å². The van der Waals surface area contributed by atoms with E-state index in [1.165, 1.54) is 5.56 Å². The molecule has 0 spiro atoms. The van der Waals surface area contributed by atoms with Crippen molar-refractivity contribution in [1.82, 2.24) is 10.2 Å². The van der Waals surface area contributed by atoms with E-state index in [1.807, 2.05) is 12.1 Å². The monoisotopic (exact) mass is 282 g/mol. The van der Waals surface area contributed by atoms with Crippen LogP contribution in [0.2, 0.25) is 5.02 Å².